The van der Waals surface area contributed by atoms with Crippen LogP contribution < -0.4 is 15.9 Å². The van der Waals surface area contributed by atoms with Gasteiger partial charge >= 0.3 is 185 Å². The quantitative estimate of drug-likeness (QED) is 0.247. The van der Waals surface area contributed by atoms with Gasteiger partial charge in [0.2, 0.25) is 0 Å². The molecule has 28 heavy (non-hydrogen) atoms. The Morgan fingerprint density at radius 3 is 1.07 bits per heavy atom. The third-order valence-electron chi connectivity index (χ3n) is 5.11. The van der Waals surface area contributed by atoms with E-state index in [-0.39, 0.29) is 0 Å². The molecule has 0 unspecified atom stereocenters. The molecule has 142 valence electrons. The summed E-state index contributed by atoms with van der Waals surface area (Å²) in [7, 11) is -2.16. The Labute approximate surface area is 183 Å². The molecule has 0 nitrogen and oxygen atoms in total. The second-order valence-corrected chi connectivity index (χ2v) is 10.6. The zero-order valence-corrected chi connectivity index (χ0v) is 19.3. The average Bonchev–Trinajstić information content (AvgIpc) is 2.81. The van der Waals surface area contributed by atoms with Crippen LogP contribution in [-0.4, -0.2) is 0 Å². The van der Waals surface area contributed by atoms with E-state index in [9.17, 15) is 0 Å². The van der Waals surface area contributed by atoms with Crippen molar-refractivity contribution in [3.8, 4) is 0 Å². The molecule has 0 saturated heterocycles. The monoisotopic (exact) mass is 488 g/mol. The van der Waals surface area contributed by atoms with Gasteiger partial charge in [-0.2, -0.15) is 0 Å². The summed E-state index contributed by atoms with van der Waals surface area (Å²) in [6, 6.07) is 44.2. The van der Waals surface area contributed by atoms with Gasteiger partial charge in [0.15, 0.2) is 0 Å². The first kappa shape index (κ1) is 21.0. The van der Waals surface area contributed by atoms with Crippen LogP contribution in [0.3, 0.4) is 0 Å². The van der Waals surface area contributed by atoms with Crippen molar-refractivity contribution in [3.63, 3.8) is 0 Å². The molecule has 0 heterocycles. The second-order valence-electron chi connectivity index (χ2n) is 6.67. The Kier molecular flexibility index (Phi) is 8.07. The summed E-state index contributed by atoms with van der Waals surface area (Å²) in [6.07, 6.45) is 1.06. The molecular formula is C25H23BrMnP. The van der Waals surface area contributed by atoms with Crippen LogP contribution in [0, 0.1) is 0 Å². The fraction of sp³-hybridized carbons (Fsp3) is 0.0400. The number of rotatable bonds is 5. The summed E-state index contributed by atoms with van der Waals surface area (Å²) in [4.78, 5) is 0. The zero-order chi connectivity index (χ0) is 19.7. The molecule has 0 amide bonds. The number of hydrogen-bond donors (Lipinski definition) is 0. The van der Waals surface area contributed by atoms with Crippen LogP contribution in [0.4, 0.5) is 0 Å². The van der Waals surface area contributed by atoms with Crippen molar-refractivity contribution >= 4 is 37.3 Å². The van der Waals surface area contributed by atoms with Gasteiger partial charge in [0.25, 0.3) is 0 Å². The van der Waals surface area contributed by atoms with Crippen LogP contribution in [-0.2, 0) is 20.4 Å². The second kappa shape index (κ2) is 10.7. The Morgan fingerprint density at radius 1 is 0.464 bits per heavy atom. The first-order valence-electron chi connectivity index (χ1n) is 9.24. The van der Waals surface area contributed by atoms with Crippen LogP contribution in [0.15, 0.2) is 121 Å². The summed E-state index contributed by atoms with van der Waals surface area (Å²) in [5.74, 6) is 0. The fourth-order valence-electron chi connectivity index (χ4n) is 3.88. The SMILES string of the molecule is [Mn][Br].c1ccc(C[PH](c2ccccc2)(c2ccccc2)c2ccccc2)cc1. The molecule has 0 aromatic heterocycles. The molecule has 0 fully saturated rings. The van der Waals surface area contributed by atoms with Gasteiger partial charge in [-0.25, -0.2) is 0 Å². The van der Waals surface area contributed by atoms with Crippen molar-refractivity contribution in [1.82, 2.24) is 0 Å². The first-order valence-corrected chi connectivity index (χ1v) is 14.4. The summed E-state index contributed by atoms with van der Waals surface area (Å²) in [6.45, 7) is 0. The zero-order valence-electron chi connectivity index (χ0n) is 15.5. The van der Waals surface area contributed by atoms with E-state index in [1.165, 1.54) is 21.5 Å². The van der Waals surface area contributed by atoms with Crippen LogP contribution in [0.25, 0.3) is 0 Å². The van der Waals surface area contributed by atoms with Gasteiger partial charge in [0.05, 0.1) is 0 Å². The molecule has 0 N–H and O–H groups in total. The molecule has 0 saturated carbocycles. The predicted molar refractivity (Wildman–Crippen MR) is 126 cm³/mol. The van der Waals surface area contributed by atoms with Gasteiger partial charge in [0, 0.05) is 0 Å². The van der Waals surface area contributed by atoms with Crippen molar-refractivity contribution in [2.75, 3.05) is 0 Å². The van der Waals surface area contributed by atoms with Gasteiger partial charge in [-0.15, -0.1) is 0 Å². The Balaban J connectivity index is 0.00000109. The fourth-order valence-corrected chi connectivity index (χ4v) is 8.62. The molecule has 3 heteroatoms. The minimum atomic E-state index is -2.16. The van der Waals surface area contributed by atoms with E-state index in [0.29, 0.717) is 0 Å². The van der Waals surface area contributed by atoms with Gasteiger partial charge < -0.3 is 0 Å². The first-order chi connectivity index (χ1) is 13.9. The standard InChI is InChI=1S/C25H23P.BrH.Mn/c1-5-13-22(14-6-1)21-26(23-15-7-2-8-16-23,24-17-9-3-10-18-24)25-19-11-4-12-20-25;;/h1-20,26H,21H2;1H;/q;;+1/p-1. The van der Waals surface area contributed by atoms with Crippen molar-refractivity contribution < 1.29 is 14.2 Å². The van der Waals surface area contributed by atoms with E-state index in [0.717, 1.165) is 6.16 Å². The summed E-state index contributed by atoms with van der Waals surface area (Å²) < 4.78 is 0. The number of benzene rings is 4. The molecule has 0 radical (unpaired) electrons. The van der Waals surface area contributed by atoms with Crippen LogP contribution in [0.1, 0.15) is 5.56 Å². The van der Waals surface area contributed by atoms with Gasteiger partial charge in [0.1, 0.15) is 0 Å². The van der Waals surface area contributed by atoms with Crippen molar-refractivity contribution in [2.45, 2.75) is 6.16 Å². The maximum absolute atomic E-state index is 2.75. The molecule has 4 rings (SSSR count). The Bertz CT molecular complexity index is 848. The van der Waals surface area contributed by atoms with Crippen LogP contribution in [0.5, 0.6) is 0 Å². The van der Waals surface area contributed by atoms with E-state index in [4.69, 9.17) is 0 Å². The van der Waals surface area contributed by atoms with Gasteiger partial charge in [-0.05, 0) is 0 Å². The van der Waals surface area contributed by atoms with Crippen LogP contribution >= 0.6 is 21.4 Å². The molecule has 4 aromatic carbocycles. The molecular weight excluding hydrogens is 466 g/mol. The summed E-state index contributed by atoms with van der Waals surface area (Å²) in [5.41, 5.74) is 1.40. The van der Waals surface area contributed by atoms with E-state index >= 15 is 0 Å². The summed E-state index contributed by atoms with van der Waals surface area (Å²) >= 11 is 5.50. The Hall–Kier alpha value is -1.69. The van der Waals surface area contributed by atoms with Crippen molar-refractivity contribution in [2.24, 2.45) is 0 Å². The number of hydrogen-bond acceptors (Lipinski definition) is 0. The van der Waals surface area contributed by atoms with Crippen molar-refractivity contribution in [3.05, 3.63) is 127 Å². The number of halogens is 1. The summed E-state index contributed by atoms with van der Waals surface area (Å²) in [5, 5.41) is 4.38. The molecule has 0 aliphatic rings. The molecule has 4 aromatic rings. The normalized spacial score (nSPS) is 11.2. The maximum atomic E-state index is 2.75. The van der Waals surface area contributed by atoms with E-state index in [1.807, 2.05) is 0 Å². The van der Waals surface area contributed by atoms with E-state index in [2.05, 4.69) is 150 Å². The van der Waals surface area contributed by atoms with E-state index < -0.39 is 7.26 Å². The van der Waals surface area contributed by atoms with Gasteiger partial charge in [-0.1, -0.05) is 0 Å². The Morgan fingerprint density at radius 2 is 0.750 bits per heavy atom. The van der Waals surface area contributed by atoms with Crippen LogP contribution in [0.2, 0.25) is 0 Å². The molecule has 0 aliphatic carbocycles. The minimum absolute atomic E-state index is 1.06. The molecule has 0 aliphatic heterocycles. The molecule has 0 bridgehead atoms. The topological polar surface area (TPSA) is 0 Å². The van der Waals surface area contributed by atoms with E-state index in [1.54, 1.807) is 0 Å². The molecule has 0 atom stereocenters. The van der Waals surface area contributed by atoms with Crippen molar-refractivity contribution in [1.29, 1.82) is 0 Å². The third-order valence-corrected chi connectivity index (χ3v) is 10.0. The average molecular weight is 489 g/mol. The third kappa shape index (κ3) is 4.65. The predicted octanol–water partition coefficient (Wildman–Crippen LogP) is 5.76. The molecule has 0 spiro atoms. The van der Waals surface area contributed by atoms with Gasteiger partial charge in [-0.3, -0.25) is 0 Å².